The molecular weight excluding hydrogens is 237 g/mol. The molecule has 0 bridgehead atoms. The maximum absolute atomic E-state index is 13.2. The quantitative estimate of drug-likeness (QED) is 0.767. The van der Waals surface area contributed by atoms with E-state index in [4.69, 9.17) is 4.74 Å². The van der Waals surface area contributed by atoms with E-state index >= 15 is 0 Å². The number of halogens is 1. The van der Waals surface area contributed by atoms with Gasteiger partial charge in [-0.25, -0.2) is 4.39 Å². The van der Waals surface area contributed by atoms with E-state index in [0.717, 1.165) is 6.07 Å². The van der Waals surface area contributed by atoms with E-state index in [2.05, 4.69) is 0 Å². The Morgan fingerprint density at radius 2 is 2.22 bits per heavy atom. The SMILES string of the molecule is CC(=O)c1ccc(F)cc1OC1CCN(C)C1=O. The Bertz CT molecular complexity index is 501. The van der Waals surface area contributed by atoms with Crippen LogP contribution in [0.2, 0.25) is 0 Å². The molecule has 0 N–H and O–H groups in total. The van der Waals surface area contributed by atoms with Crippen LogP contribution in [0.3, 0.4) is 0 Å². The third-order valence-corrected chi connectivity index (χ3v) is 2.97. The summed E-state index contributed by atoms with van der Waals surface area (Å²) in [6, 6.07) is 3.71. The van der Waals surface area contributed by atoms with E-state index in [9.17, 15) is 14.0 Å². The number of hydrogen-bond acceptors (Lipinski definition) is 3. The van der Waals surface area contributed by atoms with Crippen LogP contribution < -0.4 is 4.74 Å². The average molecular weight is 251 g/mol. The summed E-state index contributed by atoms with van der Waals surface area (Å²) in [6.07, 6.45) is -0.0849. The van der Waals surface area contributed by atoms with Crippen LogP contribution in [0.1, 0.15) is 23.7 Å². The van der Waals surface area contributed by atoms with Crippen molar-refractivity contribution in [1.82, 2.24) is 4.90 Å². The number of hydrogen-bond donors (Lipinski definition) is 0. The first-order chi connectivity index (χ1) is 8.49. The summed E-state index contributed by atoms with van der Waals surface area (Å²) < 4.78 is 18.7. The summed E-state index contributed by atoms with van der Waals surface area (Å²) in [5.41, 5.74) is 0.291. The molecule has 0 saturated carbocycles. The van der Waals surface area contributed by atoms with Crippen molar-refractivity contribution in [1.29, 1.82) is 0 Å². The van der Waals surface area contributed by atoms with Gasteiger partial charge in [0.05, 0.1) is 5.56 Å². The molecule has 96 valence electrons. The number of rotatable bonds is 3. The van der Waals surface area contributed by atoms with Crippen LogP contribution >= 0.6 is 0 Å². The van der Waals surface area contributed by atoms with Crippen molar-refractivity contribution >= 4 is 11.7 Å². The molecule has 1 aliphatic heterocycles. The normalized spacial score (nSPS) is 19.2. The molecule has 1 saturated heterocycles. The molecule has 5 heteroatoms. The second-order valence-corrected chi connectivity index (χ2v) is 4.35. The maximum atomic E-state index is 13.2. The van der Waals surface area contributed by atoms with Crippen molar-refractivity contribution in [3.05, 3.63) is 29.6 Å². The van der Waals surface area contributed by atoms with Crippen LogP contribution in [0.5, 0.6) is 5.75 Å². The van der Waals surface area contributed by atoms with Gasteiger partial charge in [0, 0.05) is 26.1 Å². The molecule has 1 fully saturated rings. The van der Waals surface area contributed by atoms with Crippen molar-refractivity contribution in [3.63, 3.8) is 0 Å². The molecule has 1 aromatic rings. The van der Waals surface area contributed by atoms with Crippen molar-refractivity contribution < 1.29 is 18.7 Å². The fraction of sp³-hybridized carbons (Fsp3) is 0.385. The molecule has 1 atom stereocenters. The van der Waals surface area contributed by atoms with Gasteiger partial charge in [-0.2, -0.15) is 0 Å². The minimum absolute atomic E-state index is 0.135. The Morgan fingerprint density at radius 3 is 2.78 bits per heavy atom. The summed E-state index contributed by atoms with van der Waals surface area (Å²) in [5, 5.41) is 0. The minimum atomic E-state index is -0.630. The molecule has 2 rings (SSSR count). The van der Waals surface area contributed by atoms with Gasteiger partial charge in [0.1, 0.15) is 11.6 Å². The molecule has 1 amide bonds. The highest BCUT2D eigenvalue weighted by Crippen LogP contribution is 2.24. The summed E-state index contributed by atoms with van der Waals surface area (Å²) in [6.45, 7) is 1.98. The Kier molecular flexibility index (Phi) is 3.32. The largest absolute Gasteiger partial charge is 0.480 e. The number of carbonyl (C=O) groups excluding carboxylic acids is 2. The molecule has 1 aromatic carbocycles. The van der Waals surface area contributed by atoms with Crippen LogP contribution in [0.4, 0.5) is 4.39 Å². The highest BCUT2D eigenvalue weighted by Gasteiger charge is 2.31. The van der Waals surface area contributed by atoms with Gasteiger partial charge in [0.2, 0.25) is 0 Å². The molecule has 0 radical (unpaired) electrons. The van der Waals surface area contributed by atoms with Gasteiger partial charge in [-0.05, 0) is 19.1 Å². The van der Waals surface area contributed by atoms with E-state index in [1.165, 1.54) is 19.1 Å². The van der Waals surface area contributed by atoms with Crippen molar-refractivity contribution in [2.45, 2.75) is 19.4 Å². The highest BCUT2D eigenvalue weighted by atomic mass is 19.1. The lowest BCUT2D eigenvalue weighted by Gasteiger charge is -2.15. The predicted molar refractivity (Wildman–Crippen MR) is 63.1 cm³/mol. The number of ketones is 1. The van der Waals surface area contributed by atoms with Crippen molar-refractivity contribution in [2.24, 2.45) is 0 Å². The van der Waals surface area contributed by atoms with Crippen LogP contribution in [-0.2, 0) is 4.79 Å². The summed E-state index contributed by atoms with van der Waals surface area (Å²) in [5.74, 6) is -0.720. The lowest BCUT2D eigenvalue weighted by Crippen LogP contribution is -2.29. The zero-order chi connectivity index (χ0) is 13.3. The van der Waals surface area contributed by atoms with Gasteiger partial charge in [-0.1, -0.05) is 0 Å². The lowest BCUT2D eigenvalue weighted by molar-refractivity contribution is -0.132. The van der Waals surface area contributed by atoms with Gasteiger partial charge in [0.15, 0.2) is 11.9 Å². The van der Waals surface area contributed by atoms with Crippen LogP contribution in [0, 0.1) is 5.82 Å². The first-order valence-electron chi connectivity index (χ1n) is 5.71. The van der Waals surface area contributed by atoms with Crippen LogP contribution in [0.15, 0.2) is 18.2 Å². The zero-order valence-electron chi connectivity index (χ0n) is 10.3. The highest BCUT2D eigenvalue weighted by molar-refractivity contribution is 5.97. The van der Waals surface area contributed by atoms with Crippen molar-refractivity contribution in [2.75, 3.05) is 13.6 Å². The molecule has 4 nitrogen and oxygen atoms in total. The third kappa shape index (κ3) is 2.34. The fourth-order valence-corrected chi connectivity index (χ4v) is 1.94. The number of amides is 1. The van der Waals surface area contributed by atoms with Gasteiger partial charge in [0.25, 0.3) is 5.91 Å². The zero-order valence-corrected chi connectivity index (χ0v) is 10.3. The minimum Gasteiger partial charge on any atom is -0.480 e. The molecule has 18 heavy (non-hydrogen) atoms. The molecule has 1 unspecified atom stereocenters. The van der Waals surface area contributed by atoms with E-state index in [1.807, 2.05) is 0 Å². The standard InChI is InChI=1S/C13H14FNO3/c1-8(16)10-4-3-9(14)7-12(10)18-11-5-6-15(2)13(11)17/h3-4,7,11H,5-6H2,1-2H3. The van der Waals surface area contributed by atoms with Gasteiger partial charge in [-0.3, -0.25) is 9.59 Å². The molecule has 0 spiro atoms. The van der Waals surface area contributed by atoms with E-state index < -0.39 is 11.9 Å². The van der Waals surface area contributed by atoms with Crippen molar-refractivity contribution in [3.8, 4) is 5.75 Å². The Labute approximate surface area is 104 Å². The summed E-state index contributed by atoms with van der Waals surface area (Å²) in [7, 11) is 1.68. The summed E-state index contributed by atoms with van der Waals surface area (Å²) >= 11 is 0. The van der Waals surface area contributed by atoms with Crippen LogP contribution in [-0.4, -0.2) is 36.3 Å². The Morgan fingerprint density at radius 1 is 1.50 bits per heavy atom. The third-order valence-electron chi connectivity index (χ3n) is 2.97. The molecule has 1 heterocycles. The molecule has 0 aromatic heterocycles. The average Bonchev–Trinajstić information content (AvgIpc) is 2.61. The van der Waals surface area contributed by atoms with Gasteiger partial charge < -0.3 is 9.64 Å². The fourth-order valence-electron chi connectivity index (χ4n) is 1.94. The second kappa shape index (κ2) is 4.76. The number of ether oxygens (including phenoxy) is 1. The maximum Gasteiger partial charge on any atom is 0.263 e. The van der Waals surface area contributed by atoms with E-state index in [1.54, 1.807) is 11.9 Å². The Hall–Kier alpha value is -1.91. The Balaban J connectivity index is 2.25. The number of nitrogens with zero attached hydrogens (tertiary/aromatic N) is 1. The lowest BCUT2D eigenvalue weighted by atomic mass is 10.1. The molecule has 0 aliphatic carbocycles. The second-order valence-electron chi connectivity index (χ2n) is 4.35. The number of likely N-dealkylation sites (tertiary alicyclic amines) is 1. The van der Waals surface area contributed by atoms with E-state index in [-0.39, 0.29) is 17.4 Å². The van der Waals surface area contributed by atoms with Gasteiger partial charge in [-0.15, -0.1) is 0 Å². The smallest absolute Gasteiger partial charge is 0.263 e. The number of likely N-dealkylation sites (N-methyl/N-ethyl adjacent to an activating group) is 1. The topological polar surface area (TPSA) is 46.6 Å². The monoisotopic (exact) mass is 251 g/mol. The predicted octanol–water partition coefficient (Wildman–Crippen LogP) is 1.64. The summed E-state index contributed by atoms with van der Waals surface area (Å²) in [4.78, 5) is 24.7. The molecular formula is C13H14FNO3. The van der Waals surface area contributed by atoms with Crippen LogP contribution in [0.25, 0.3) is 0 Å². The first-order valence-corrected chi connectivity index (χ1v) is 5.71. The number of carbonyl (C=O) groups is 2. The molecule has 1 aliphatic rings. The number of benzene rings is 1. The van der Waals surface area contributed by atoms with E-state index in [0.29, 0.717) is 18.5 Å². The number of Topliss-reactive ketones (excluding diaryl/α,β-unsaturated/α-hetero) is 1. The first kappa shape index (κ1) is 12.5. The van der Waals surface area contributed by atoms with Gasteiger partial charge >= 0.3 is 0 Å².